The van der Waals surface area contributed by atoms with Gasteiger partial charge in [0.25, 0.3) is 5.91 Å². The molecule has 0 spiro atoms. The highest BCUT2D eigenvalue weighted by molar-refractivity contribution is 6.32. The van der Waals surface area contributed by atoms with Crippen LogP contribution in [0.4, 0.5) is 11.5 Å². The normalized spacial score (nSPS) is 22.8. The number of nitrogens with zero attached hydrogens (tertiary/aromatic N) is 8. The van der Waals surface area contributed by atoms with Crippen LogP contribution < -0.4 is 25.2 Å². The van der Waals surface area contributed by atoms with Crippen molar-refractivity contribution in [3.63, 3.8) is 0 Å². The fourth-order valence-electron chi connectivity index (χ4n) is 8.62. The van der Waals surface area contributed by atoms with Crippen LogP contribution >= 0.6 is 23.2 Å². The largest absolute Gasteiger partial charge is 0.490 e. The number of aliphatic hydroxyl groups excluding tert-OH is 1. The van der Waals surface area contributed by atoms with Crippen LogP contribution in [-0.2, 0) is 4.79 Å². The number of fused-ring (bicyclic) bond motifs is 1. The van der Waals surface area contributed by atoms with Gasteiger partial charge in [0.1, 0.15) is 11.8 Å². The van der Waals surface area contributed by atoms with Gasteiger partial charge in [-0.05, 0) is 93.7 Å². The molecule has 14 nitrogen and oxygen atoms in total. The van der Waals surface area contributed by atoms with Crippen LogP contribution in [0.3, 0.4) is 0 Å². The van der Waals surface area contributed by atoms with Crippen molar-refractivity contribution in [2.45, 2.75) is 82.3 Å². The highest BCUT2D eigenvalue weighted by Crippen LogP contribution is 2.36. The number of carbonyl (C=O) groups is 2. The Labute approximate surface area is 335 Å². The second kappa shape index (κ2) is 16.8. The Bertz CT molecular complexity index is 2080. The van der Waals surface area contributed by atoms with Gasteiger partial charge in [-0.3, -0.25) is 14.3 Å². The van der Waals surface area contributed by atoms with Gasteiger partial charge in [0.15, 0.2) is 11.5 Å². The summed E-state index contributed by atoms with van der Waals surface area (Å²) < 4.78 is 8.17. The molecule has 3 N–H and O–H groups in total. The maximum Gasteiger partial charge on any atom is 0.272 e. The second-order valence-electron chi connectivity index (χ2n) is 15.4. The molecule has 8 rings (SSSR count). The summed E-state index contributed by atoms with van der Waals surface area (Å²) in [5.41, 5.74) is 2.45. The molecule has 1 saturated carbocycles. The van der Waals surface area contributed by atoms with Crippen LogP contribution in [0.2, 0.25) is 10.0 Å². The van der Waals surface area contributed by atoms with Crippen LogP contribution in [-0.4, -0.2) is 99.6 Å². The summed E-state index contributed by atoms with van der Waals surface area (Å²) in [6.45, 7) is 5.27. The number of likely N-dealkylation sites (tertiary alicyclic amines) is 1. The van der Waals surface area contributed by atoms with E-state index in [2.05, 4.69) is 41.4 Å². The first-order valence-electron chi connectivity index (χ1n) is 19.6. The van der Waals surface area contributed by atoms with Crippen LogP contribution in [0.15, 0.2) is 48.7 Å². The molecule has 5 heterocycles. The first-order chi connectivity index (χ1) is 27.2. The number of carbonyl (C=O) groups excluding carboxylic acids is 2. The van der Waals surface area contributed by atoms with E-state index in [1.54, 1.807) is 29.2 Å². The summed E-state index contributed by atoms with van der Waals surface area (Å²) in [5.74, 6) is 1.67. The van der Waals surface area contributed by atoms with Crippen LogP contribution in [0, 0.1) is 17.2 Å². The maximum atomic E-state index is 13.0. The van der Waals surface area contributed by atoms with E-state index in [-0.39, 0.29) is 30.0 Å². The third-order valence-corrected chi connectivity index (χ3v) is 12.3. The van der Waals surface area contributed by atoms with Crippen molar-refractivity contribution in [3.05, 3.63) is 70.0 Å². The minimum atomic E-state index is -1.10. The minimum absolute atomic E-state index is 0.0306. The molecule has 294 valence electrons. The average molecular weight is 802 g/mol. The number of nitriles is 1. The van der Waals surface area contributed by atoms with Crippen LogP contribution in [0.25, 0.3) is 10.9 Å². The Morgan fingerprint density at radius 3 is 2.45 bits per heavy atom. The van der Waals surface area contributed by atoms with E-state index >= 15 is 0 Å². The van der Waals surface area contributed by atoms with Gasteiger partial charge in [-0.25, -0.2) is 0 Å². The Morgan fingerprint density at radius 2 is 1.75 bits per heavy atom. The summed E-state index contributed by atoms with van der Waals surface area (Å²) in [6.07, 6.45) is 8.40. The van der Waals surface area contributed by atoms with Gasteiger partial charge in [0.05, 0.1) is 40.1 Å². The number of piperidine rings is 2. The number of halogens is 2. The summed E-state index contributed by atoms with van der Waals surface area (Å²) in [5, 5.41) is 40.7. The Morgan fingerprint density at radius 1 is 0.964 bits per heavy atom. The van der Waals surface area contributed by atoms with E-state index in [0.29, 0.717) is 45.9 Å². The molecule has 4 aliphatic rings. The predicted octanol–water partition coefficient (Wildman–Crippen LogP) is 5.28. The molecule has 56 heavy (non-hydrogen) atoms. The maximum absolute atomic E-state index is 13.0. The molecular weight excluding hydrogens is 755 g/mol. The Kier molecular flexibility index (Phi) is 11.5. The SMILES string of the molecule is N#Cc1ccc(O[C@H]2CC[C@H](NC(=O)c3ccc(N4CCC(CN5CCC(n6ncc7c(N8CCC(=O)NC8O)cc(Cl)cc76)CC5)CC4)nn3)CC2)cc1Cl. The van der Waals surface area contributed by atoms with E-state index in [1.807, 2.05) is 24.4 Å². The van der Waals surface area contributed by atoms with Gasteiger partial charge in [-0.2, -0.15) is 10.4 Å². The second-order valence-corrected chi connectivity index (χ2v) is 16.2. The summed E-state index contributed by atoms with van der Waals surface area (Å²) in [4.78, 5) is 31.4. The van der Waals surface area contributed by atoms with E-state index in [9.17, 15) is 14.7 Å². The van der Waals surface area contributed by atoms with Crippen molar-refractivity contribution < 1.29 is 19.4 Å². The molecule has 3 saturated heterocycles. The van der Waals surface area contributed by atoms with Gasteiger partial charge in [0, 0.05) is 68.2 Å². The molecule has 1 aliphatic carbocycles. The molecule has 0 bridgehead atoms. The third-order valence-electron chi connectivity index (χ3n) is 11.7. The minimum Gasteiger partial charge on any atom is -0.490 e. The lowest BCUT2D eigenvalue weighted by Gasteiger charge is -2.38. The van der Waals surface area contributed by atoms with Crippen molar-refractivity contribution in [1.82, 2.24) is 35.5 Å². The zero-order valence-corrected chi connectivity index (χ0v) is 32.6. The van der Waals surface area contributed by atoms with Gasteiger partial charge < -0.3 is 35.2 Å². The molecule has 2 aromatic carbocycles. The number of rotatable bonds is 9. The molecule has 2 amide bonds. The number of nitrogens with one attached hydrogen (secondary N) is 2. The number of hydrogen-bond acceptors (Lipinski definition) is 11. The summed E-state index contributed by atoms with van der Waals surface area (Å²) in [7, 11) is 0. The molecule has 16 heteroatoms. The molecule has 1 atom stereocenters. The highest BCUT2D eigenvalue weighted by Gasteiger charge is 2.30. The topological polar surface area (TPSA) is 165 Å². The number of anilines is 2. The standard InChI is InChI=1S/C40H46Cl2N10O4/c41-27-19-35(51-18-13-38(53)46-40(51)55)32-23-44-52(36(32)20-27)29-11-14-49(15-12-29)24-25-9-16-50(17-10-25)37-8-7-34(47-48-37)39(54)45-28-2-5-30(6-3-28)56-31-4-1-26(22-43)33(42)21-31/h1,4,7-8,19-21,23,25,28-30,40,55H,2-3,5-6,9-18,24H2,(H,45,54)(H,46,53)/t28-,30-,40?. The molecular formula is C40H46Cl2N10O4. The first-order valence-corrected chi connectivity index (χ1v) is 20.4. The predicted molar refractivity (Wildman–Crippen MR) is 213 cm³/mol. The number of hydrogen-bond donors (Lipinski definition) is 3. The van der Waals surface area contributed by atoms with Crippen LogP contribution in [0.5, 0.6) is 5.75 Å². The van der Waals surface area contributed by atoms with Gasteiger partial charge >= 0.3 is 0 Å². The van der Waals surface area contributed by atoms with Crippen molar-refractivity contribution in [2.75, 3.05) is 49.1 Å². The zero-order valence-electron chi connectivity index (χ0n) is 31.1. The summed E-state index contributed by atoms with van der Waals surface area (Å²) in [6, 6.07) is 14.9. The smallest absolute Gasteiger partial charge is 0.272 e. The lowest BCUT2D eigenvalue weighted by Crippen LogP contribution is -2.54. The fraction of sp³-hybridized carbons (Fsp3) is 0.500. The number of ether oxygens (including phenoxy) is 1. The van der Waals surface area contributed by atoms with E-state index in [0.717, 1.165) is 106 Å². The lowest BCUT2D eigenvalue weighted by atomic mass is 9.92. The van der Waals surface area contributed by atoms with E-state index in [4.69, 9.17) is 38.3 Å². The number of aromatic nitrogens is 4. The van der Waals surface area contributed by atoms with E-state index in [1.165, 1.54) is 0 Å². The molecule has 0 radical (unpaired) electrons. The Hall–Kier alpha value is -4.68. The van der Waals surface area contributed by atoms with Crippen molar-refractivity contribution in [3.8, 4) is 11.8 Å². The lowest BCUT2D eigenvalue weighted by molar-refractivity contribution is -0.125. The number of aliphatic hydroxyl groups is 1. The molecule has 1 unspecified atom stereocenters. The van der Waals surface area contributed by atoms with Gasteiger partial charge in [-0.15, -0.1) is 10.2 Å². The summed E-state index contributed by atoms with van der Waals surface area (Å²) >= 11 is 12.7. The van der Waals surface area contributed by atoms with Crippen LogP contribution in [0.1, 0.15) is 79.9 Å². The highest BCUT2D eigenvalue weighted by atomic mass is 35.5. The monoisotopic (exact) mass is 800 g/mol. The van der Waals surface area contributed by atoms with Crippen molar-refractivity contribution >= 4 is 57.4 Å². The molecule has 2 aromatic heterocycles. The Balaban J connectivity index is 0.767. The number of amides is 2. The van der Waals surface area contributed by atoms with Crippen molar-refractivity contribution in [2.24, 2.45) is 5.92 Å². The quantitative estimate of drug-likeness (QED) is 0.202. The van der Waals surface area contributed by atoms with Gasteiger partial charge in [-0.1, -0.05) is 23.2 Å². The third kappa shape index (κ3) is 8.51. The first kappa shape index (κ1) is 38.2. The molecule has 4 aromatic rings. The molecule has 4 fully saturated rings. The fourth-order valence-corrected chi connectivity index (χ4v) is 9.04. The molecule has 3 aliphatic heterocycles. The zero-order chi connectivity index (χ0) is 38.8. The van der Waals surface area contributed by atoms with Gasteiger partial charge in [0.2, 0.25) is 12.3 Å². The average Bonchev–Trinajstić information content (AvgIpc) is 3.63. The van der Waals surface area contributed by atoms with Crippen molar-refractivity contribution in [1.29, 1.82) is 5.26 Å². The van der Waals surface area contributed by atoms with E-state index < -0.39 is 6.35 Å². The number of benzene rings is 2.